The van der Waals surface area contributed by atoms with E-state index in [9.17, 15) is 9.18 Å². The molecule has 0 radical (unpaired) electrons. The summed E-state index contributed by atoms with van der Waals surface area (Å²) in [4.78, 5) is 22.6. The van der Waals surface area contributed by atoms with Gasteiger partial charge in [-0.05, 0) is 55.7 Å². The van der Waals surface area contributed by atoms with Gasteiger partial charge in [-0.3, -0.25) is 9.79 Å². The van der Waals surface area contributed by atoms with Crippen LogP contribution in [0.1, 0.15) is 25.3 Å². The number of halogens is 2. The zero-order valence-corrected chi connectivity index (χ0v) is 20.0. The molecule has 7 nitrogen and oxygen atoms in total. The minimum absolute atomic E-state index is 0. The van der Waals surface area contributed by atoms with Crippen LogP contribution in [0.15, 0.2) is 47.6 Å². The monoisotopic (exact) mass is 542 g/mol. The predicted molar refractivity (Wildman–Crippen MR) is 127 cm³/mol. The van der Waals surface area contributed by atoms with Gasteiger partial charge in [0.2, 0.25) is 5.88 Å². The van der Waals surface area contributed by atoms with Crippen molar-refractivity contribution in [2.45, 2.75) is 26.3 Å². The van der Waals surface area contributed by atoms with Gasteiger partial charge >= 0.3 is 5.97 Å². The van der Waals surface area contributed by atoms with Crippen LogP contribution in [-0.4, -0.2) is 48.6 Å². The van der Waals surface area contributed by atoms with E-state index in [1.54, 1.807) is 25.4 Å². The van der Waals surface area contributed by atoms with Crippen molar-refractivity contribution in [2.24, 2.45) is 10.9 Å². The van der Waals surface area contributed by atoms with E-state index < -0.39 is 0 Å². The molecule has 0 bridgehead atoms. The maximum Gasteiger partial charge on any atom is 0.309 e. The number of hydrogen-bond acceptors (Lipinski definition) is 5. The quantitative estimate of drug-likeness (QED) is 0.258. The lowest BCUT2D eigenvalue weighted by atomic mass is 9.97. The Hall–Kier alpha value is -2.43. The van der Waals surface area contributed by atoms with Crippen LogP contribution in [0.5, 0.6) is 11.6 Å². The zero-order chi connectivity index (χ0) is 21.3. The minimum atomic E-state index is -0.314. The highest BCUT2D eigenvalue weighted by molar-refractivity contribution is 14.0. The summed E-state index contributed by atoms with van der Waals surface area (Å²) < 4.78 is 23.8. The number of carbonyl (C=O) groups excluding carboxylic acids is 1. The first-order chi connectivity index (χ1) is 14.6. The Labute approximate surface area is 199 Å². The first-order valence-corrected chi connectivity index (χ1v) is 10.1. The third-order valence-electron chi connectivity index (χ3n) is 4.91. The first kappa shape index (κ1) is 24.8. The number of piperidine rings is 1. The van der Waals surface area contributed by atoms with Crippen LogP contribution in [0.3, 0.4) is 0 Å². The second-order valence-electron chi connectivity index (χ2n) is 6.97. The van der Waals surface area contributed by atoms with E-state index in [-0.39, 0.29) is 41.7 Å². The molecular weight excluding hydrogens is 514 g/mol. The van der Waals surface area contributed by atoms with Gasteiger partial charge in [0.05, 0.1) is 12.5 Å². The summed E-state index contributed by atoms with van der Waals surface area (Å²) in [6.07, 6.45) is 3.18. The molecule has 168 valence electrons. The number of aliphatic imine (C=N–C) groups is 1. The summed E-state index contributed by atoms with van der Waals surface area (Å²) in [7, 11) is 1.75. The molecule has 0 amide bonds. The molecule has 0 saturated carbocycles. The van der Waals surface area contributed by atoms with E-state index in [1.807, 2.05) is 19.1 Å². The van der Waals surface area contributed by atoms with Gasteiger partial charge in [-0.1, -0.05) is 0 Å². The summed E-state index contributed by atoms with van der Waals surface area (Å²) in [5.41, 5.74) is 0.977. The summed E-state index contributed by atoms with van der Waals surface area (Å²) in [5.74, 6) is 1.29. The molecular formula is C22H28FIN4O3. The van der Waals surface area contributed by atoms with Gasteiger partial charge < -0.3 is 19.7 Å². The maximum absolute atomic E-state index is 13.0. The largest absolute Gasteiger partial charge is 0.466 e. The van der Waals surface area contributed by atoms with E-state index in [1.165, 1.54) is 12.1 Å². The second-order valence-corrected chi connectivity index (χ2v) is 6.97. The minimum Gasteiger partial charge on any atom is -0.466 e. The molecule has 31 heavy (non-hydrogen) atoms. The molecule has 1 fully saturated rings. The highest BCUT2D eigenvalue weighted by atomic mass is 127. The van der Waals surface area contributed by atoms with Crippen LogP contribution >= 0.6 is 24.0 Å². The topological polar surface area (TPSA) is 76.0 Å². The number of guanidine groups is 1. The lowest BCUT2D eigenvalue weighted by molar-refractivity contribution is -0.149. The number of ether oxygens (including phenoxy) is 2. The van der Waals surface area contributed by atoms with E-state index in [0.717, 1.165) is 37.5 Å². The third kappa shape index (κ3) is 7.34. The van der Waals surface area contributed by atoms with Crippen molar-refractivity contribution in [3.8, 4) is 11.6 Å². The lowest BCUT2D eigenvalue weighted by Gasteiger charge is -2.33. The Morgan fingerprint density at radius 2 is 1.97 bits per heavy atom. The third-order valence-corrected chi connectivity index (χ3v) is 4.91. The van der Waals surface area contributed by atoms with Crippen LogP contribution in [-0.2, 0) is 16.1 Å². The molecule has 9 heteroatoms. The fraction of sp³-hybridized carbons (Fsp3) is 0.409. The highest BCUT2D eigenvalue weighted by Crippen LogP contribution is 2.21. The Balaban J connectivity index is 0.00000341. The molecule has 2 heterocycles. The zero-order valence-electron chi connectivity index (χ0n) is 17.7. The SMILES string of the molecule is CCOC(=O)C1CCN(C(=NC)NCc2ccnc(Oc3ccc(F)cc3)c2)CC1.I. The molecule has 1 aromatic carbocycles. The molecule has 1 N–H and O–H groups in total. The number of carbonyl (C=O) groups is 1. The number of aromatic nitrogens is 1. The summed E-state index contributed by atoms with van der Waals surface area (Å²) in [6.45, 7) is 4.29. The van der Waals surface area contributed by atoms with Gasteiger partial charge in [0.15, 0.2) is 5.96 Å². The number of likely N-dealkylation sites (tertiary alicyclic amines) is 1. The molecule has 1 aliphatic rings. The van der Waals surface area contributed by atoms with Gasteiger partial charge in [0.25, 0.3) is 0 Å². The van der Waals surface area contributed by atoms with Crippen molar-refractivity contribution < 1.29 is 18.7 Å². The van der Waals surface area contributed by atoms with Gasteiger partial charge in [0.1, 0.15) is 11.6 Å². The summed E-state index contributed by atoms with van der Waals surface area (Å²) in [6, 6.07) is 9.53. The number of hydrogen-bond donors (Lipinski definition) is 1. The van der Waals surface area contributed by atoms with Crippen LogP contribution in [0, 0.1) is 11.7 Å². The molecule has 1 aliphatic heterocycles. The number of nitrogens with one attached hydrogen (secondary N) is 1. The molecule has 2 aromatic rings. The molecule has 3 rings (SSSR count). The van der Waals surface area contributed by atoms with Gasteiger partial charge in [-0.25, -0.2) is 9.37 Å². The van der Waals surface area contributed by atoms with E-state index in [2.05, 4.69) is 20.2 Å². The van der Waals surface area contributed by atoms with Crippen molar-refractivity contribution in [3.05, 3.63) is 54.0 Å². The van der Waals surface area contributed by atoms with Crippen molar-refractivity contribution in [1.82, 2.24) is 15.2 Å². The van der Waals surface area contributed by atoms with Crippen molar-refractivity contribution in [1.29, 1.82) is 0 Å². The number of benzene rings is 1. The molecule has 0 unspecified atom stereocenters. The molecule has 0 aliphatic carbocycles. The van der Waals surface area contributed by atoms with Gasteiger partial charge in [-0.15, -0.1) is 24.0 Å². The lowest BCUT2D eigenvalue weighted by Crippen LogP contribution is -2.46. The number of pyridine rings is 1. The summed E-state index contributed by atoms with van der Waals surface area (Å²) >= 11 is 0. The average molecular weight is 542 g/mol. The number of rotatable bonds is 6. The fourth-order valence-corrected chi connectivity index (χ4v) is 3.34. The normalized spacial score (nSPS) is 14.5. The molecule has 0 atom stereocenters. The first-order valence-electron chi connectivity index (χ1n) is 10.1. The summed E-state index contributed by atoms with van der Waals surface area (Å²) in [5, 5.41) is 3.35. The molecule has 1 aromatic heterocycles. The van der Waals surface area contributed by atoms with E-state index in [4.69, 9.17) is 9.47 Å². The van der Waals surface area contributed by atoms with Crippen LogP contribution in [0.2, 0.25) is 0 Å². The Kier molecular flexibility index (Phi) is 9.96. The van der Waals surface area contributed by atoms with Crippen LogP contribution in [0.25, 0.3) is 0 Å². The van der Waals surface area contributed by atoms with Crippen LogP contribution in [0.4, 0.5) is 4.39 Å². The standard InChI is InChI=1S/C22H27FN4O3.HI/c1-3-29-21(28)17-9-12-27(13-10-17)22(24-2)26-15-16-8-11-25-20(14-16)30-19-6-4-18(23)5-7-19;/h4-8,11,14,17H,3,9-10,12-13,15H2,1-2H3,(H,24,26);1H. The van der Waals surface area contributed by atoms with Gasteiger partial charge in [0, 0.05) is 38.9 Å². The van der Waals surface area contributed by atoms with Crippen molar-refractivity contribution in [2.75, 3.05) is 26.7 Å². The fourth-order valence-electron chi connectivity index (χ4n) is 3.34. The Morgan fingerprint density at radius 3 is 2.61 bits per heavy atom. The Bertz CT molecular complexity index is 871. The smallest absolute Gasteiger partial charge is 0.309 e. The predicted octanol–water partition coefficient (Wildman–Crippen LogP) is 3.98. The van der Waals surface area contributed by atoms with Crippen molar-refractivity contribution >= 4 is 35.9 Å². The average Bonchev–Trinajstić information content (AvgIpc) is 2.77. The van der Waals surface area contributed by atoms with Crippen molar-refractivity contribution in [3.63, 3.8) is 0 Å². The number of esters is 1. The van der Waals surface area contributed by atoms with E-state index in [0.29, 0.717) is 24.8 Å². The second kappa shape index (κ2) is 12.4. The Morgan fingerprint density at radius 1 is 1.26 bits per heavy atom. The van der Waals surface area contributed by atoms with Crippen LogP contribution < -0.4 is 10.1 Å². The van der Waals surface area contributed by atoms with Gasteiger partial charge in [-0.2, -0.15) is 0 Å². The molecule has 0 spiro atoms. The highest BCUT2D eigenvalue weighted by Gasteiger charge is 2.27. The molecule has 1 saturated heterocycles. The number of nitrogens with zero attached hydrogens (tertiary/aromatic N) is 3. The maximum atomic E-state index is 13.0. The van der Waals surface area contributed by atoms with E-state index >= 15 is 0 Å².